The van der Waals surface area contributed by atoms with Crippen molar-refractivity contribution in [3.05, 3.63) is 70.7 Å². The first-order valence-corrected chi connectivity index (χ1v) is 8.43. The Bertz CT molecular complexity index is 857. The van der Waals surface area contributed by atoms with E-state index in [1.165, 1.54) is 16.9 Å². The summed E-state index contributed by atoms with van der Waals surface area (Å²) < 4.78 is 5.86. The SMILES string of the molecule is Cc1cccc(COc2cccc(-c3nc(CC(=O)O)cs3)c2)c1. The number of carboxylic acids is 1. The molecule has 5 heteroatoms. The summed E-state index contributed by atoms with van der Waals surface area (Å²) in [5.74, 6) is -0.105. The van der Waals surface area contributed by atoms with Crippen LogP contribution in [0, 0.1) is 6.92 Å². The van der Waals surface area contributed by atoms with Gasteiger partial charge in [0, 0.05) is 10.9 Å². The van der Waals surface area contributed by atoms with Crippen molar-refractivity contribution in [2.45, 2.75) is 20.0 Å². The molecule has 3 aromatic rings. The number of aromatic nitrogens is 1. The molecule has 0 fully saturated rings. The minimum Gasteiger partial charge on any atom is -0.489 e. The molecule has 0 unspecified atom stereocenters. The van der Waals surface area contributed by atoms with E-state index in [0.717, 1.165) is 21.9 Å². The normalized spacial score (nSPS) is 10.5. The number of hydrogen-bond donors (Lipinski definition) is 1. The maximum atomic E-state index is 10.8. The van der Waals surface area contributed by atoms with Gasteiger partial charge in [-0.2, -0.15) is 0 Å². The Kier molecular flexibility index (Phi) is 4.91. The first kappa shape index (κ1) is 16.2. The molecule has 1 N–H and O–H groups in total. The summed E-state index contributed by atoms with van der Waals surface area (Å²) in [7, 11) is 0. The molecule has 0 aliphatic rings. The molecule has 0 saturated carbocycles. The maximum Gasteiger partial charge on any atom is 0.309 e. The molecule has 0 amide bonds. The van der Waals surface area contributed by atoms with Crippen LogP contribution in [0.4, 0.5) is 0 Å². The van der Waals surface area contributed by atoms with E-state index in [1.54, 1.807) is 5.38 Å². The van der Waals surface area contributed by atoms with Crippen LogP contribution in [0.1, 0.15) is 16.8 Å². The van der Waals surface area contributed by atoms with Gasteiger partial charge in [-0.3, -0.25) is 4.79 Å². The third kappa shape index (κ3) is 4.20. The number of benzene rings is 2. The fourth-order valence-electron chi connectivity index (χ4n) is 2.36. The van der Waals surface area contributed by atoms with Crippen molar-refractivity contribution >= 4 is 17.3 Å². The summed E-state index contributed by atoms with van der Waals surface area (Å²) in [6, 6.07) is 15.9. The van der Waals surface area contributed by atoms with Crippen LogP contribution in [-0.2, 0) is 17.8 Å². The molecule has 122 valence electrons. The summed E-state index contributed by atoms with van der Waals surface area (Å²) in [5.41, 5.74) is 3.84. The first-order valence-electron chi connectivity index (χ1n) is 7.55. The Balaban J connectivity index is 1.72. The molecule has 0 aliphatic heterocycles. The van der Waals surface area contributed by atoms with Gasteiger partial charge >= 0.3 is 5.97 Å². The van der Waals surface area contributed by atoms with Gasteiger partial charge in [0.2, 0.25) is 0 Å². The van der Waals surface area contributed by atoms with E-state index in [4.69, 9.17) is 9.84 Å². The second-order valence-electron chi connectivity index (χ2n) is 5.52. The van der Waals surface area contributed by atoms with Crippen molar-refractivity contribution < 1.29 is 14.6 Å². The summed E-state index contributed by atoms with van der Waals surface area (Å²) in [6.45, 7) is 2.56. The highest BCUT2D eigenvalue weighted by Gasteiger charge is 2.08. The highest BCUT2D eigenvalue weighted by Crippen LogP contribution is 2.27. The Labute approximate surface area is 144 Å². The van der Waals surface area contributed by atoms with Gasteiger partial charge < -0.3 is 9.84 Å². The molecule has 1 heterocycles. The van der Waals surface area contributed by atoms with E-state index in [9.17, 15) is 4.79 Å². The average molecular weight is 339 g/mol. The Morgan fingerprint density at radius 3 is 2.83 bits per heavy atom. The van der Waals surface area contributed by atoms with Gasteiger partial charge in [0.15, 0.2) is 0 Å². The van der Waals surface area contributed by atoms with Crippen molar-refractivity contribution in [1.29, 1.82) is 0 Å². The van der Waals surface area contributed by atoms with Gasteiger partial charge in [0.1, 0.15) is 17.4 Å². The minimum absolute atomic E-state index is 0.0555. The van der Waals surface area contributed by atoms with E-state index < -0.39 is 5.97 Å². The molecule has 0 saturated heterocycles. The summed E-state index contributed by atoms with van der Waals surface area (Å²) in [5, 5.41) is 11.4. The molecular weight excluding hydrogens is 322 g/mol. The average Bonchev–Trinajstić information content (AvgIpc) is 3.01. The zero-order chi connectivity index (χ0) is 16.9. The standard InChI is InChI=1S/C19H17NO3S/c1-13-4-2-5-14(8-13)11-23-17-7-3-6-15(9-17)19-20-16(12-24-19)10-18(21)22/h2-9,12H,10-11H2,1H3,(H,21,22). The highest BCUT2D eigenvalue weighted by atomic mass is 32.1. The predicted molar refractivity (Wildman–Crippen MR) is 94.4 cm³/mol. The van der Waals surface area contributed by atoms with Crippen molar-refractivity contribution in [2.24, 2.45) is 0 Å². The third-order valence-electron chi connectivity index (χ3n) is 3.45. The molecule has 0 aliphatic carbocycles. The number of ether oxygens (including phenoxy) is 1. The fourth-order valence-corrected chi connectivity index (χ4v) is 3.18. The Hall–Kier alpha value is -2.66. The summed E-state index contributed by atoms with van der Waals surface area (Å²) in [6.07, 6.45) is -0.0555. The molecule has 1 aromatic heterocycles. The number of aliphatic carboxylic acids is 1. The van der Waals surface area contributed by atoms with Crippen molar-refractivity contribution in [3.8, 4) is 16.3 Å². The van der Waals surface area contributed by atoms with E-state index >= 15 is 0 Å². The second-order valence-corrected chi connectivity index (χ2v) is 6.38. The molecular formula is C19H17NO3S. The van der Waals surface area contributed by atoms with Gasteiger partial charge in [0.05, 0.1) is 12.1 Å². The minimum atomic E-state index is -0.873. The van der Waals surface area contributed by atoms with E-state index in [0.29, 0.717) is 12.3 Å². The van der Waals surface area contributed by atoms with Gasteiger partial charge in [-0.15, -0.1) is 11.3 Å². The van der Waals surface area contributed by atoms with Crippen LogP contribution in [0.3, 0.4) is 0 Å². The van der Waals surface area contributed by atoms with Crippen LogP contribution in [0.5, 0.6) is 5.75 Å². The largest absolute Gasteiger partial charge is 0.489 e. The number of carboxylic acid groups (broad SMARTS) is 1. The fraction of sp³-hybridized carbons (Fsp3) is 0.158. The number of nitrogens with zero attached hydrogens (tertiary/aromatic N) is 1. The van der Waals surface area contributed by atoms with Crippen LogP contribution < -0.4 is 4.74 Å². The third-order valence-corrected chi connectivity index (χ3v) is 4.39. The number of aryl methyl sites for hydroxylation is 1. The number of hydrogen-bond acceptors (Lipinski definition) is 4. The molecule has 3 rings (SSSR count). The molecule has 0 bridgehead atoms. The number of rotatable bonds is 6. The molecule has 0 radical (unpaired) electrons. The van der Waals surface area contributed by atoms with Crippen molar-refractivity contribution in [3.63, 3.8) is 0 Å². The van der Waals surface area contributed by atoms with Crippen LogP contribution >= 0.6 is 11.3 Å². The van der Waals surface area contributed by atoms with E-state index in [1.807, 2.05) is 36.4 Å². The van der Waals surface area contributed by atoms with Crippen LogP contribution in [0.15, 0.2) is 53.9 Å². The van der Waals surface area contributed by atoms with E-state index in [-0.39, 0.29) is 6.42 Å². The lowest BCUT2D eigenvalue weighted by Crippen LogP contribution is -1.99. The van der Waals surface area contributed by atoms with E-state index in [2.05, 4.69) is 24.0 Å². The molecule has 24 heavy (non-hydrogen) atoms. The van der Waals surface area contributed by atoms with Gasteiger partial charge in [-0.1, -0.05) is 42.0 Å². The quantitative estimate of drug-likeness (QED) is 0.726. The van der Waals surface area contributed by atoms with Crippen molar-refractivity contribution in [1.82, 2.24) is 4.98 Å². The lowest BCUT2D eigenvalue weighted by atomic mass is 10.1. The predicted octanol–water partition coefficient (Wildman–Crippen LogP) is 4.32. The lowest BCUT2D eigenvalue weighted by Gasteiger charge is -2.08. The number of thiazole rings is 1. The molecule has 0 spiro atoms. The molecule has 2 aromatic carbocycles. The molecule has 0 atom stereocenters. The Morgan fingerprint density at radius 2 is 2.04 bits per heavy atom. The van der Waals surface area contributed by atoms with Gasteiger partial charge in [-0.05, 0) is 24.6 Å². The highest BCUT2D eigenvalue weighted by molar-refractivity contribution is 7.13. The monoisotopic (exact) mass is 339 g/mol. The van der Waals surface area contributed by atoms with Crippen molar-refractivity contribution in [2.75, 3.05) is 0 Å². The van der Waals surface area contributed by atoms with Gasteiger partial charge in [0.25, 0.3) is 0 Å². The first-order chi connectivity index (χ1) is 11.6. The number of carbonyl (C=O) groups is 1. The van der Waals surface area contributed by atoms with Crippen LogP contribution in [-0.4, -0.2) is 16.1 Å². The second kappa shape index (κ2) is 7.27. The zero-order valence-electron chi connectivity index (χ0n) is 13.2. The zero-order valence-corrected chi connectivity index (χ0v) is 14.0. The maximum absolute atomic E-state index is 10.8. The molecule has 4 nitrogen and oxygen atoms in total. The Morgan fingerprint density at radius 1 is 1.21 bits per heavy atom. The topological polar surface area (TPSA) is 59.4 Å². The van der Waals surface area contributed by atoms with Gasteiger partial charge in [-0.25, -0.2) is 4.98 Å². The smallest absolute Gasteiger partial charge is 0.309 e. The summed E-state index contributed by atoms with van der Waals surface area (Å²) >= 11 is 1.44. The summed E-state index contributed by atoms with van der Waals surface area (Å²) in [4.78, 5) is 15.1. The van der Waals surface area contributed by atoms with Crippen LogP contribution in [0.2, 0.25) is 0 Å². The lowest BCUT2D eigenvalue weighted by molar-refractivity contribution is -0.136. The van der Waals surface area contributed by atoms with Crippen LogP contribution in [0.25, 0.3) is 10.6 Å².